The van der Waals surface area contributed by atoms with Crippen molar-refractivity contribution in [3.63, 3.8) is 0 Å². The third-order valence-electron chi connectivity index (χ3n) is 3.29. The second-order valence-electron chi connectivity index (χ2n) is 4.91. The fourth-order valence-corrected chi connectivity index (χ4v) is 1.75. The van der Waals surface area contributed by atoms with Crippen LogP contribution in [0.2, 0.25) is 0 Å². The summed E-state index contributed by atoms with van der Waals surface area (Å²) in [6.07, 6.45) is 2.30. The molecule has 1 saturated carbocycles. The van der Waals surface area contributed by atoms with Crippen LogP contribution in [0.1, 0.15) is 30.1 Å². The summed E-state index contributed by atoms with van der Waals surface area (Å²) in [5.74, 6) is -0.625. The summed E-state index contributed by atoms with van der Waals surface area (Å²) in [7, 11) is 1.61. The molecule has 0 spiro atoms. The Morgan fingerprint density at radius 1 is 1.47 bits per heavy atom. The molecule has 0 radical (unpaired) electrons. The molecule has 0 heterocycles. The Hall–Kier alpha value is -1.58. The molecular formula is C13H17FN2O. The first kappa shape index (κ1) is 11.9. The van der Waals surface area contributed by atoms with Crippen molar-refractivity contribution in [2.45, 2.75) is 19.8 Å². The number of halogens is 1. The average molecular weight is 236 g/mol. The lowest BCUT2D eigenvalue weighted by atomic mass is 10.1. The highest BCUT2D eigenvalue weighted by Gasteiger charge is 2.37. The Morgan fingerprint density at radius 2 is 2.18 bits per heavy atom. The van der Waals surface area contributed by atoms with Crippen LogP contribution in [0.3, 0.4) is 0 Å². The number of rotatable bonds is 4. The molecule has 2 rings (SSSR count). The van der Waals surface area contributed by atoms with Gasteiger partial charge in [-0.1, -0.05) is 13.0 Å². The average Bonchev–Trinajstić information content (AvgIpc) is 3.04. The zero-order valence-corrected chi connectivity index (χ0v) is 10.1. The van der Waals surface area contributed by atoms with Crippen LogP contribution in [0.15, 0.2) is 18.2 Å². The molecule has 0 aliphatic heterocycles. The molecule has 1 aliphatic rings. The van der Waals surface area contributed by atoms with E-state index in [2.05, 4.69) is 17.6 Å². The first-order valence-electron chi connectivity index (χ1n) is 5.80. The Kier molecular flexibility index (Phi) is 3.05. The van der Waals surface area contributed by atoms with E-state index in [9.17, 15) is 9.18 Å². The van der Waals surface area contributed by atoms with E-state index in [-0.39, 0.29) is 17.0 Å². The highest BCUT2D eigenvalue weighted by Crippen LogP contribution is 2.44. The molecule has 1 aromatic carbocycles. The third kappa shape index (κ3) is 2.57. The quantitative estimate of drug-likeness (QED) is 0.842. The molecule has 0 bridgehead atoms. The van der Waals surface area contributed by atoms with Crippen LogP contribution in [0.5, 0.6) is 0 Å². The maximum atomic E-state index is 13.5. The minimum absolute atomic E-state index is 0.220. The molecule has 1 aliphatic carbocycles. The van der Waals surface area contributed by atoms with Crippen LogP contribution in [0, 0.1) is 11.2 Å². The van der Waals surface area contributed by atoms with Gasteiger partial charge in [0.1, 0.15) is 5.82 Å². The molecule has 2 N–H and O–H groups in total. The minimum Gasteiger partial charge on any atom is -0.385 e. The van der Waals surface area contributed by atoms with Crippen LogP contribution in [-0.4, -0.2) is 19.5 Å². The highest BCUT2D eigenvalue weighted by atomic mass is 19.1. The van der Waals surface area contributed by atoms with Crippen molar-refractivity contribution in [2.75, 3.05) is 18.9 Å². The predicted octanol–water partition coefficient (Wildman–Crippen LogP) is 2.40. The number of hydrogen-bond acceptors (Lipinski definition) is 2. The van der Waals surface area contributed by atoms with Gasteiger partial charge in [-0.2, -0.15) is 0 Å². The third-order valence-corrected chi connectivity index (χ3v) is 3.29. The SMILES string of the molecule is CNc1c(F)cccc1C(=O)NCC1(C)CC1. The van der Waals surface area contributed by atoms with Gasteiger partial charge in [0.2, 0.25) is 0 Å². The number of amides is 1. The summed E-state index contributed by atoms with van der Waals surface area (Å²) < 4.78 is 13.5. The van der Waals surface area contributed by atoms with Crippen molar-refractivity contribution in [3.8, 4) is 0 Å². The fraction of sp³-hybridized carbons (Fsp3) is 0.462. The maximum absolute atomic E-state index is 13.5. The lowest BCUT2D eigenvalue weighted by Crippen LogP contribution is -2.29. The summed E-state index contributed by atoms with van der Waals surface area (Å²) in [5, 5.41) is 5.58. The molecule has 4 heteroatoms. The van der Waals surface area contributed by atoms with Gasteiger partial charge >= 0.3 is 0 Å². The van der Waals surface area contributed by atoms with Crippen LogP contribution in [0.4, 0.5) is 10.1 Å². The Labute approximate surface area is 100 Å². The largest absolute Gasteiger partial charge is 0.385 e. The molecule has 3 nitrogen and oxygen atoms in total. The molecule has 1 amide bonds. The number of hydrogen-bond donors (Lipinski definition) is 2. The molecule has 0 aromatic heterocycles. The van der Waals surface area contributed by atoms with Crippen molar-refractivity contribution in [1.29, 1.82) is 0 Å². The maximum Gasteiger partial charge on any atom is 0.253 e. The zero-order valence-electron chi connectivity index (χ0n) is 10.1. The van der Waals surface area contributed by atoms with E-state index in [4.69, 9.17) is 0 Å². The van der Waals surface area contributed by atoms with Gasteiger partial charge in [0.05, 0.1) is 11.3 Å². The van der Waals surface area contributed by atoms with Gasteiger partial charge in [-0.05, 0) is 30.4 Å². The van der Waals surface area contributed by atoms with Crippen molar-refractivity contribution in [3.05, 3.63) is 29.6 Å². The second-order valence-corrected chi connectivity index (χ2v) is 4.91. The number of carbonyl (C=O) groups is 1. The van der Waals surface area contributed by atoms with Crippen LogP contribution in [0.25, 0.3) is 0 Å². The summed E-state index contributed by atoms with van der Waals surface area (Å²) in [6.45, 7) is 2.79. The van der Waals surface area contributed by atoms with Gasteiger partial charge in [-0.25, -0.2) is 4.39 Å². The van der Waals surface area contributed by atoms with Crippen molar-refractivity contribution < 1.29 is 9.18 Å². The molecule has 17 heavy (non-hydrogen) atoms. The van der Waals surface area contributed by atoms with Crippen molar-refractivity contribution in [2.24, 2.45) is 5.41 Å². The van der Waals surface area contributed by atoms with Gasteiger partial charge in [0.25, 0.3) is 5.91 Å². The van der Waals surface area contributed by atoms with Crippen molar-refractivity contribution in [1.82, 2.24) is 5.32 Å². The highest BCUT2D eigenvalue weighted by molar-refractivity contribution is 5.99. The summed E-state index contributed by atoms with van der Waals surface area (Å²) in [6, 6.07) is 4.51. The lowest BCUT2D eigenvalue weighted by Gasteiger charge is -2.13. The van der Waals surface area contributed by atoms with Gasteiger partial charge in [-0.3, -0.25) is 4.79 Å². The van der Waals surface area contributed by atoms with E-state index in [0.29, 0.717) is 12.1 Å². The van der Waals surface area contributed by atoms with Gasteiger partial charge in [0.15, 0.2) is 0 Å². The number of benzene rings is 1. The Balaban J connectivity index is 2.10. The molecular weight excluding hydrogens is 219 g/mol. The van der Waals surface area contributed by atoms with Gasteiger partial charge in [-0.15, -0.1) is 0 Å². The summed E-state index contributed by atoms with van der Waals surface area (Å²) in [5.41, 5.74) is 0.866. The number of nitrogens with one attached hydrogen (secondary N) is 2. The van der Waals surface area contributed by atoms with E-state index in [1.807, 2.05) is 0 Å². The Bertz CT molecular complexity index is 441. The van der Waals surface area contributed by atoms with Crippen LogP contribution in [-0.2, 0) is 0 Å². The van der Waals surface area contributed by atoms with E-state index in [1.165, 1.54) is 6.07 Å². The molecule has 0 atom stereocenters. The van der Waals surface area contributed by atoms with E-state index < -0.39 is 5.82 Å². The van der Waals surface area contributed by atoms with E-state index in [0.717, 1.165) is 12.8 Å². The van der Waals surface area contributed by atoms with Crippen LogP contribution < -0.4 is 10.6 Å². The summed E-state index contributed by atoms with van der Waals surface area (Å²) >= 11 is 0. The fourth-order valence-electron chi connectivity index (χ4n) is 1.75. The monoisotopic (exact) mass is 236 g/mol. The predicted molar refractivity (Wildman–Crippen MR) is 65.6 cm³/mol. The number of para-hydroxylation sites is 1. The molecule has 1 fully saturated rings. The van der Waals surface area contributed by atoms with E-state index >= 15 is 0 Å². The van der Waals surface area contributed by atoms with Gasteiger partial charge < -0.3 is 10.6 Å². The first-order valence-corrected chi connectivity index (χ1v) is 5.80. The normalized spacial score (nSPS) is 16.4. The lowest BCUT2D eigenvalue weighted by molar-refractivity contribution is 0.0946. The molecule has 1 aromatic rings. The first-order chi connectivity index (χ1) is 8.06. The topological polar surface area (TPSA) is 41.1 Å². The zero-order chi connectivity index (χ0) is 12.5. The smallest absolute Gasteiger partial charge is 0.253 e. The Morgan fingerprint density at radius 3 is 2.76 bits per heavy atom. The minimum atomic E-state index is -0.405. The standard InChI is InChI=1S/C13H17FN2O/c1-13(6-7-13)8-16-12(17)9-4-3-5-10(14)11(9)15-2/h3-5,15H,6-8H2,1-2H3,(H,16,17). The second kappa shape index (κ2) is 4.35. The van der Waals surface area contributed by atoms with Gasteiger partial charge in [0, 0.05) is 13.6 Å². The molecule has 0 unspecified atom stereocenters. The van der Waals surface area contributed by atoms with Crippen LogP contribution >= 0.6 is 0 Å². The number of anilines is 1. The molecule has 92 valence electrons. The van der Waals surface area contributed by atoms with Crippen molar-refractivity contribution >= 4 is 11.6 Å². The van der Waals surface area contributed by atoms with E-state index in [1.54, 1.807) is 19.2 Å². The number of carbonyl (C=O) groups excluding carboxylic acids is 1. The molecule has 0 saturated heterocycles. The summed E-state index contributed by atoms with van der Waals surface area (Å²) in [4.78, 5) is 11.9.